The summed E-state index contributed by atoms with van der Waals surface area (Å²) in [5.41, 5.74) is 3.21. The predicted octanol–water partition coefficient (Wildman–Crippen LogP) is 3.68. The van der Waals surface area contributed by atoms with Crippen LogP contribution in [0.2, 0.25) is 0 Å². The third-order valence-electron chi connectivity index (χ3n) is 2.67. The largest absolute Gasteiger partial charge is 0.238 e. The van der Waals surface area contributed by atoms with E-state index in [1.807, 2.05) is 13.0 Å². The molecule has 0 aliphatic carbocycles. The zero-order valence-electron chi connectivity index (χ0n) is 10.4. The second kappa shape index (κ2) is 5.44. The van der Waals surface area contributed by atoms with Crippen molar-refractivity contribution in [2.24, 2.45) is 0 Å². The van der Waals surface area contributed by atoms with Crippen LogP contribution in [0.25, 0.3) is 11.3 Å². The van der Waals surface area contributed by atoms with Gasteiger partial charge in [-0.3, -0.25) is 0 Å². The van der Waals surface area contributed by atoms with Gasteiger partial charge in [-0.25, -0.2) is 14.4 Å². The molecule has 2 rings (SSSR count). The molecule has 2 aromatic rings. The van der Waals surface area contributed by atoms with Crippen molar-refractivity contribution in [2.45, 2.75) is 20.3 Å². The fourth-order valence-corrected chi connectivity index (χ4v) is 1.95. The molecule has 0 saturated carbocycles. The SMILES string of the molecule is Cc1cc(-c2ccc(F)c(C)c2)nc(CCCl)n1. The van der Waals surface area contributed by atoms with E-state index in [1.54, 1.807) is 19.1 Å². The summed E-state index contributed by atoms with van der Waals surface area (Å²) in [5, 5.41) is 0. The first-order valence-corrected chi connectivity index (χ1v) is 6.30. The molecule has 0 bridgehead atoms. The first-order chi connectivity index (χ1) is 8.60. The fraction of sp³-hybridized carbons (Fsp3) is 0.286. The summed E-state index contributed by atoms with van der Waals surface area (Å²) in [6, 6.07) is 6.88. The summed E-state index contributed by atoms with van der Waals surface area (Å²) in [6.07, 6.45) is 0.635. The average Bonchev–Trinajstić information content (AvgIpc) is 2.32. The van der Waals surface area contributed by atoms with Crippen LogP contribution in [0, 0.1) is 19.7 Å². The number of nitrogens with zero attached hydrogens (tertiary/aromatic N) is 2. The second-order valence-electron chi connectivity index (χ2n) is 4.21. The van der Waals surface area contributed by atoms with Crippen LogP contribution in [0.4, 0.5) is 4.39 Å². The lowest BCUT2D eigenvalue weighted by Crippen LogP contribution is -2.00. The molecule has 0 fully saturated rings. The maximum atomic E-state index is 13.2. The van der Waals surface area contributed by atoms with Crippen LogP contribution in [0.1, 0.15) is 17.1 Å². The molecule has 2 nitrogen and oxygen atoms in total. The third-order valence-corrected chi connectivity index (χ3v) is 2.86. The highest BCUT2D eigenvalue weighted by atomic mass is 35.5. The molecule has 1 aromatic carbocycles. The van der Waals surface area contributed by atoms with Gasteiger partial charge in [0.1, 0.15) is 11.6 Å². The highest BCUT2D eigenvalue weighted by molar-refractivity contribution is 6.17. The first-order valence-electron chi connectivity index (χ1n) is 5.77. The molecule has 0 unspecified atom stereocenters. The molecular formula is C14H14ClFN2. The number of hydrogen-bond donors (Lipinski definition) is 0. The van der Waals surface area contributed by atoms with E-state index < -0.39 is 0 Å². The van der Waals surface area contributed by atoms with Gasteiger partial charge in [-0.1, -0.05) is 0 Å². The van der Waals surface area contributed by atoms with Gasteiger partial charge in [-0.2, -0.15) is 0 Å². The maximum Gasteiger partial charge on any atom is 0.130 e. The molecular weight excluding hydrogens is 251 g/mol. The van der Waals surface area contributed by atoms with Crippen LogP contribution in [0.15, 0.2) is 24.3 Å². The molecule has 0 spiro atoms. The van der Waals surface area contributed by atoms with Crippen LogP contribution in [0.5, 0.6) is 0 Å². The van der Waals surface area contributed by atoms with Crippen molar-refractivity contribution >= 4 is 11.6 Å². The molecule has 1 heterocycles. The number of aryl methyl sites for hydroxylation is 3. The second-order valence-corrected chi connectivity index (χ2v) is 4.59. The minimum atomic E-state index is -0.203. The van der Waals surface area contributed by atoms with Crippen LogP contribution in [-0.2, 0) is 6.42 Å². The summed E-state index contributed by atoms with van der Waals surface area (Å²) in [4.78, 5) is 8.77. The predicted molar refractivity (Wildman–Crippen MR) is 71.3 cm³/mol. The van der Waals surface area contributed by atoms with Gasteiger partial charge in [0.2, 0.25) is 0 Å². The van der Waals surface area contributed by atoms with Crippen LogP contribution >= 0.6 is 11.6 Å². The van der Waals surface area contributed by atoms with E-state index in [-0.39, 0.29) is 5.82 Å². The van der Waals surface area contributed by atoms with E-state index in [2.05, 4.69) is 9.97 Å². The van der Waals surface area contributed by atoms with Crippen LogP contribution in [0.3, 0.4) is 0 Å². The number of alkyl halides is 1. The summed E-state index contributed by atoms with van der Waals surface area (Å²) in [7, 11) is 0. The summed E-state index contributed by atoms with van der Waals surface area (Å²) in [5.74, 6) is 1.01. The lowest BCUT2D eigenvalue weighted by molar-refractivity contribution is 0.618. The van der Waals surface area contributed by atoms with E-state index in [9.17, 15) is 4.39 Å². The number of aromatic nitrogens is 2. The Morgan fingerprint density at radius 2 is 1.94 bits per heavy atom. The first kappa shape index (κ1) is 13.0. The fourth-order valence-electron chi connectivity index (χ4n) is 1.78. The molecule has 0 atom stereocenters. The maximum absolute atomic E-state index is 13.2. The lowest BCUT2D eigenvalue weighted by atomic mass is 10.1. The van der Waals surface area contributed by atoms with Gasteiger partial charge < -0.3 is 0 Å². The van der Waals surface area contributed by atoms with Gasteiger partial charge in [-0.15, -0.1) is 11.6 Å². The van der Waals surface area contributed by atoms with E-state index in [1.165, 1.54) is 6.07 Å². The van der Waals surface area contributed by atoms with E-state index >= 15 is 0 Å². The molecule has 0 N–H and O–H groups in total. The molecule has 0 aliphatic rings. The zero-order valence-corrected chi connectivity index (χ0v) is 11.1. The van der Waals surface area contributed by atoms with Crippen molar-refractivity contribution in [3.05, 3.63) is 47.2 Å². The zero-order chi connectivity index (χ0) is 13.1. The van der Waals surface area contributed by atoms with Gasteiger partial charge in [0.25, 0.3) is 0 Å². The topological polar surface area (TPSA) is 25.8 Å². The Kier molecular flexibility index (Phi) is 3.92. The monoisotopic (exact) mass is 264 g/mol. The van der Waals surface area contributed by atoms with Gasteiger partial charge in [0.15, 0.2) is 0 Å². The molecule has 0 amide bonds. The number of benzene rings is 1. The standard InChI is InChI=1S/C14H14ClFN2/c1-9-7-11(3-4-12(9)16)13-8-10(2)17-14(18-13)5-6-15/h3-4,7-8H,5-6H2,1-2H3. The molecule has 0 radical (unpaired) electrons. The Labute approximate surface area is 111 Å². The van der Waals surface area contributed by atoms with E-state index in [0.29, 0.717) is 17.9 Å². The third kappa shape index (κ3) is 2.85. The van der Waals surface area contributed by atoms with Gasteiger partial charge in [0.05, 0.1) is 5.69 Å². The summed E-state index contributed by atoms with van der Waals surface area (Å²) >= 11 is 5.70. The van der Waals surface area contributed by atoms with Crippen molar-refractivity contribution in [3.8, 4) is 11.3 Å². The van der Waals surface area contributed by atoms with Crippen molar-refractivity contribution in [3.63, 3.8) is 0 Å². The van der Waals surface area contributed by atoms with Crippen molar-refractivity contribution < 1.29 is 4.39 Å². The van der Waals surface area contributed by atoms with Crippen molar-refractivity contribution in [2.75, 3.05) is 5.88 Å². The molecule has 18 heavy (non-hydrogen) atoms. The van der Waals surface area contributed by atoms with Gasteiger partial charge >= 0.3 is 0 Å². The number of halogens is 2. The Bertz CT molecular complexity index is 570. The van der Waals surface area contributed by atoms with Crippen molar-refractivity contribution in [1.29, 1.82) is 0 Å². The van der Waals surface area contributed by atoms with Crippen LogP contribution < -0.4 is 0 Å². The highest BCUT2D eigenvalue weighted by Gasteiger charge is 2.06. The lowest BCUT2D eigenvalue weighted by Gasteiger charge is -2.06. The molecule has 0 aliphatic heterocycles. The molecule has 0 saturated heterocycles. The molecule has 94 valence electrons. The van der Waals surface area contributed by atoms with E-state index in [4.69, 9.17) is 11.6 Å². The Morgan fingerprint density at radius 1 is 1.17 bits per heavy atom. The molecule has 1 aromatic heterocycles. The van der Waals surface area contributed by atoms with Gasteiger partial charge in [-0.05, 0) is 43.7 Å². The van der Waals surface area contributed by atoms with Gasteiger partial charge in [0, 0.05) is 23.6 Å². The number of rotatable bonds is 3. The quantitative estimate of drug-likeness (QED) is 0.791. The Morgan fingerprint density at radius 3 is 2.61 bits per heavy atom. The minimum absolute atomic E-state index is 0.203. The smallest absolute Gasteiger partial charge is 0.130 e. The Hall–Kier alpha value is -1.48. The molecule has 4 heteroatoms. The average molecular weight is 265 g/mol. The normalized spacial score (nSPS) is 10.7. The van der Waals surface area contributed by atoms with E-state index in [0.717, 1.165) is 22.8 Å². The minimum Gasteiger partial charge on any atom is -0.238 e. The van der Waals surface area contributed by atoms with Crippen LogP contribution in [-0.4, -0.2) is 15.8 Å². The summed E-state index contributed by atoms with van der Waals surface area (Å²) < 4.78 is 13.2. The summed E-state index contributed by atoms with van der Waals surface area (Å²) in [6.45, 7) is 3.66. The number of hydrogen-bond acceptors (Lipinski definition) is 2. The highest BCUT2D eigenvalue weighted by Crippen LogP contribution is 2.20. The van der Waals surface area contributed by atoms with Crippen molar-refractivity contribution in [1.82, 2.24) is 9.97 Å². The Balaban J connectivity index is 2.46.